The fourth-order valence-corrected chi connectivity index (χ4v) is 2.20. The third-order valence-corrected chi connectivity index (χ3v) is 3.47. The molecule has 4 heteroatoms. The van der Waals surface area contributed by atoms with Gasteiger partial charge in [0.2, 0.25) is 0 Å². The number of nitrogens with zero attached hydrogens (tertiary/aromatic N) is 1. The molecule has 0 atom stereocenters. The van der Waals surface area contributed by atoms with E-state index in [1.54, 1.807) is 11.8 Å². The monoisotopic (exact) mass is 248 g/mol. The Bertz CT molecular complexity index is 491. The van der Waals surface area contributed by atoms with Crippen molar-refractivity contribution in [3.05, 3.63) is 35.5 Å². The zero-order valence-corrected chi connectivity index (χ0v) is 10.9. The van der Waals surface area contributed by atoms with E-state index in [9.17, 15) is 0 Å². The van der Waals surface area contributed by atoms with Crippen molar-refractivity contribution in [2.45, 2.75) is 18.2 Å². The number of benzene rings is 1. The van der Waals surface area contributed by atoms with Gasteiger partial charge in [-0.05, 0) is 38.3 Å². The van der Waals surface area contributed by atoms with Crippen molar-refractivity contribution in [3.63, 3.8) is 0 Å². The van der Waals surface area contributed by atoms with Gasteiger partial charge in [0.1, 0.15) is 0 Å². The van der Waals surface area contributed by atoms with E-state index in [0.717, 1.165) is 29.0 Å². The lowest BCUT2D eigenvalue weighted by atomic mass is 10.0. The van der Waals surface area contributed by atoms with Crippen LogP contribution in [0.3, 0.4) is 0 Å². The van der Waals surface area contributed by atoms with Crippen LogP contribution >= 0.6 is 11.8 Å². The second kappa shape index (κ2) is 5.38. The maximum absolute atomic E-state index is 5.61. The maximum Gasteiger partial charge on any atom is 0.170 e. The van der Waals surface area contributed by atoms with Crippen molar-refractivity contribution in [2.24, 2.45) is 5.73 Å². The molecule has 0 saturated heterocycles. The average Bonchev–Trinajstić information content (AvgIpc) is 2.72. The molecule has 2 aromatic rings. The SMILES string of the molecule is CSc1ccc(-c2onc(C)c2CCN)cc1. The van der Waals surface area contributed by atoms with Crippen molar-refractivity contribution in [2.75, 3.05) is 12.8 Å². The second-order valence-corrected chi connectivity index (χ2v) is 4.72. The third-order valence-electron chi connectivity index (χ3n) is 2.73. The van der Waals surface area contributed by atoms with Gasteiger partial charge in [0.05, 0.1) is 5.69 Å². The van der Waals surface area contributed by atoms with Crippen molar-refractivity contribution in [1.82, 2.24) is 5.16 Å². The van der Waals surface area contributed by atoms with E-state index in [1.165, 1.54) is 4.90 Å². The fourth-order valence-electron chi connectivity index (χ4n) is 1.80. The molecule has 1 aromatic heterocycles. The van der Waals surface area contributed by atoms with E-state index >= 15 is 0 Å². The molecule has 90 valence electrons. The number of aromatic nitrogens is 1. The molecule has 0 bridgehead atoms. The van der Waals surface area contributed by atoms with Gasteiger partial charge in [0.15, 0.2) is 5.76 Å². The second-order valence-electron chi connectivity index (χ2n) is 3.84. The molecule has 0 aliphatic rings. The van der Waals surface area contributed by atoms with Crippen molar-refractivity contribution in [3.8, 4) is 11.3 Å². The van der Waals surface area contributed by atoms with E-state index in [0.29, 0.717) is 6.54 Å². The molecule has 2 rings (SSSR count). The number of thioether (sulfide) groups is 1. The van der Waals surface area contributed by atoms with Crippen LogP contribution in [0.5, 0.6) is 0 Å². The maximum atomic E-state index is 5.61. The van der Waals surface area contributed by atoms with Gasteiger partial charge in [0.25, 0.3) is 0 Å². The molecule has 0 fully saturated rings. The van der Waals surface area contributed by atoms with E-state index in [1.807, 2.05) is 6.92 Å². The lowest BCUT2D eigenvalue weighted by molar-refractivity contribution is 0.426. The van der Waals surface area contributed by atoms with Gasteiger partial charge in [-0.2, -0.15) is 0 Å². The van der Waals surface area contributed by atoms with Crippen LogP contribution in [0.1, 0.15) is 11.3 Å². The minimum atomic E-state index is 0.609. The van der Waals surface area contributed by atoms with Gasteiger partial charge in [-0.25, -0.2) is 0 Å². The highest BCUT2D eigenvalue weighted by Gasteiger charge is 2.13. The summed E-state index contributed by atoms with van der Waals surface area (Å²) in [4.78, 5) is 1.24. The Morgan fingerprint density at radius 2 is 2.00 bits per heavy atom. The molecular weight excluding hydrogens is 232 g/mol. The first-order valence-electron chi connectivity index (χ1n) is 5.56. The molecule has 0 radical (unpaired) electrons. The summed E-state index contributed by atoms with van der Waals surface area (Å²) < 4.78 is 5.40. The molecule has 2 N–H and O–H groups in total. The van der Waals surface area contributed by atoms with Crippen molar-refractivity contribution >= 4 is 11.8 Å². The van der Waals surface area contributed by atoms with E-state index in [-0.39, 0.29) is 0 Å². The summed E-state index contributed by atoms with van der Waals surface area (Å²) in [5.41, 5.74) is 8.72. The van der Waals surface area contributed by atoms with Crippen LogP contribution in [-0.4, -0.2) is 18.0 Å². The normalized spacial score (nSPS) is 10.8. The first-order valence-corrected chi connectivity index (χ1v) is 6.78. The molecule has 0 unspecified atom stereocenters. The topological polar surface area (TPSA) is 52.0 Å². The zero-order valence-electron chi connectivity index (χ0n) is 10.1. The van der Waals surface area contributed by atoms with Gasteiger partial charge in [0, 0.05) is 16.0 Å². The third kappa shape index (κ3) is 2.53. The summed E-state index contributed by atoms with van der Waals surface area (Å²) in [6.45, 7) is 2.56. The largest absolute Gasteiger partial charge is 0.356 e. The molecule has 0 spiro atoms. The van der Waals surface area contributed by atoms with E-state index in [4.69, 9.17) is 10.3 Å². The van der Waals surface area contributed by atoms with Crippen molar-refractivity contribution < 1.29 is 4.52 Å². The van der Waals surface area contributed by atoms with Gasteiger partial charge in [-0.1, -0.05) is 17.3 Å². The Kier molecular flexibility index (Phi) is 3.86. The molecular formula is C13H16N2OS. The van der Waals surface area contributed by atoms with Crippen LogP contribution in [0.25, 0.3) is 11.3 Å². The first-order chi connectivity index (χ1) is 8.26. The average molecular weight is 248 g/mol. The fraction of sp³-hybridized carbons (Fsp3) is 0.308. The highest BCUT2D eigenvalue weighted by atomic mass is 32.2. The van der Waals surface area contributed by atoms with E-state index < -0.39 is 0 Å². The summed E-state index contributed by atoms with van der Waals surface area (Å²) in [7, 11) is 0. The van der Waals surface area contributed by atoms with Crippen LogP contribution in [0, 0.1) is 6.92 Å². The molecule has 1 aromatic carbocycles. The molecule has 0 amide bonds. The van der Waals surface area contributed by atoms with E-state index in [2.05, 4.69) is 35.7 Å². The number of aryl methyl sites for hydroxylation is 1. The van der Waals surface area contributed by atoms with Gasteiger partial charge >= 0.3 is 0 Å². The number of hydrogen-bond acceptors (Lipinski definition) is 4. The minimum absolute atomic E-state index is 0.609. The standard InChI is InChI=1S/C13H16N2OS/c1-9-12(7-8-14)13(16-15-9)10-3-5-11(17-2)6-4-10/h3-6H,7-8,14H2,1-2H3. The predicted octanol–water partition coefficient (Wildman–Crippen LogP) is 2.87. The summed E-state index contributed by atoms with van der Waals surface area (Å²) >= 11 is 1.73. The van der Waals surface area contributed by atoms with Crippen LogP contribution in [-0.2, 0) is 6.42 Å². The van der Waals surface area contributed by atoms with Gasteiger partial charge in [-0.3, -0.25) is 0 Å². The van der Waals surface area contributed by atoms with Crippen LogP contribution in [0.4, 0.5) is 0 Å². The molecule has 0 aliphatic carbocycles. The first kappa shape index (κ1) is 12.2. The minimum Gasteiger partial charge on any atom is -0.356 e. The summed E-state index contributed by atoms with van der Waals surface area (Å²) in [5.74, 6) is 0.848. The van der Waals surface area contributed by atoms with Crippen LogP contribution in [0.2, 0.25) is 0 Å². The Morgan fingerprint density at radius 1 is 1.29 bits per heavy atom. The quantitative estimate of drug-likeness (QED) is 0.845. The van der Waals surface area contributed by atoms with Crippen LogP contribution in [0.15, 0.2) is 33.7 Å². The lowest BCUT2D eigenvalue weighted by Gasteiger charge is -2.02. The number of nitrogens with two attached hydrogens (primary N) is 1. The highest BCUT2D eigenvalue weighted by molar-refractivity contribution is 7.98. The number of rotatable bonds is 4. The lowest BCUT2D eigenvalue weighted by Crippen LogP contribution is -2.03. The molecule has 0 aliphatic heterocycles. The highest BCUT2D eigenvalue weighted by Crippen LogP contribution is 2.28. The molecule has 17 heavy (non-hydrogen) atoms. The molecule has 3 nitrogen and oxygen atoms in total. The Hall–Kier alpha value is -1.26. The van der Waals surface area contributed by atoms with Gasteiger partial charge in [-0.15, -0.1) is 11.8 Å². The van der Waals surface area contributed by atoms with Crippen LogP contribution < -0.4 is 5.73 Å². The predicted molar refractivity (Wildman–Crippen MR) is 71.2 cm³/mol. The zero-order chi connectivity index (χ0) is 12.3. The van der Waals surface area contributed by atoms with Gasteiger partial charge < -0.3 is 10.3 Å². The summed E-state index contributed by atoms with van der Waals surface area (Å²) in [6, 6.07) is 8.30. The molecule has 1 heterocycles. The van der Waals surface area contributed by atoms with Crippen molar-refractivity contribution in [1.29, 1.82) is 0 Å². The summed E-state index contributed by atoms with van der Waals surface area (Å²) in [6.07, 6.45) is 2.86. The Balaban J connectivity index is 2.38. The summed E-state index contributed by atoms with van der Waals surface area (Å²) in [5, 5.41) is 4.02. The number of hydrogen-bond donors (Lipinski definition) is 1. The Morgan fingerprint density at radius 3 is 2.59 bits per heavy atom. The smallest absolute Gasteiger partial charge is 0.170 e. The Labute approximate surface area is 105 Å². The molecule has 0 saturated carbocycles.